The van der Waals surface area contributed by atoms with E-state index in [0.29, 0.717) is 18.7 Å². The minimum absolute atomic E-state index is 0.0890. The van der Waals surface area contributed by atoms with E-state index in [0.717, 1.165) is 6.29 Å². The summed E-state index contributed by atoms with van der Waals surface area (Å²) in [4.78, 5) is 20.3. The molecule has 88 valence electrons. The molecule has 0 bridgehead atoms. The van der Waals surface area contributed by atoms with Crippen molar-refractivity contribution in [2.24, 2.45) is 0 Å². The number of nitro benzene ring substituents is 1. The number of aromatic nitrogens is 2. The molecule has 0 radical (unpaired) electrons. The van der Waals surface area contributed by atoms with Gasteiger partial charge in [0.25, 0.3) is 0 Å². The molecule has 0 atom stereocenters. The molecule has 1 aromatic heterocycles. The van der Waals surface area contributed by atoms with Crippen molar-refractivity contribution in [3.05, 3.63) is 22.2 Å². The van der Waals surface area contributed by atoms with Crippen LogP contribution < -0.4 is 5.32 Å². The zero-order valence-electron chi connectivity index (χ0n) is 8.62. The molecule has 0 saturated heterocycles. The van der Waals surface area contributed by atoms with Crippen LogP contribution in [0.2, 0.25) is 0 Å². The van der Waals surface area contributed by atoms with Crippen LogP contribution in [-0.4, -0.2) is 28.1 Å². The lowest BCUT2D eigenvalue weighted by atomic mass is 10.2. The van der Waals surface area contributed by atoms with Crippen molar-refractivity contribution in [3.63, 3.8) is 0 Å². The second-order valence-electron chi connectivity index (χ2n) is 3.23. The summed E-state index contributed by atoms with van der Waals surface area (Å²) in [5, 5.41) is 20.7. The highest BCUT2D eigenvalue weighted by Crippen LogP contribution is 2.28. The quantitative estimate of drug-likeness (QED) is 0.358. The van der Waals surface area contributed by atoms with Crippen LogP contribution in [0.25, 0.3) is 11.0 Å². The highest BCUT2D eigenvalue weighted by molar-refractivity contribution is 5.93. The maximum atomic E-state index is 10.7. The van der Waals surface area contributed by atoms with Crippen LogP contribution in [-0.2, 0) is 4.79 Å². The van der Waals surface area contributed by atoms with Gasteiger partial charge in [0.15, 0.2) is 5.52 Å². The van der Waals surface area contributed by atoms with Crippen LogP contribution >= 0.6 is 0 Å². The lowest BCUT2D eigenvalue weighted by molar-refractivity contribution is -0.383. The summed E-state index contributed by atoms with van der Waals surface area (Å²) in [6.07, 6.45) is 1.11. The molecule has 0 unspecified atom stereocenters. The molecule has 0 spiro atoms. The van der Waals surface area contributed by atoms with Crippen molar-refractivity contribution in [1.29, 1.82) is 0 Å². The fourth-order valence-corrected chi connectivity index (χ4v) is 1.41. The number of carbonyl (C=O) groups is 1. The molecular weight excluding hydrogens is 228 g/mol. The SMILES string of the molecule is O=CCCNc1ccc([N+](=O)[O-])c2nonc12. The third-order valence-electron chi connectivity index (χ3n) is 2.17. The molecule has 2 aromatic rings. The fraction of sp³-hybridized carbons (Fsp3) is 0.222. The Hall–Kier alpha value is -2.51. The molecule has 17 heavy (non-hydrogen) atoms. The van der Waals surface area contributed by atoms with Crippen LogP contribution in [0.15, 0.2) is 16.8 Å². The summed E-state index contributed by atoms with van der Waals surface area (Å²) in [6.45, 7) is 0.420. The number of nitrogens with zero attached hydrogens (tertiary/aromatic N) is 3. The number of nitro groups is 1. The highest BCUT2D eigenvalue weighted by atomic mass is 16.6. The molecule has 8 nitrogen and oxygen atoms in total. The monoisotopic (exact) mass is 236 g/mol. The van der Waals surface area contributed by atoms with Gasteiger partial charge in [-0.2, -0.15) is 0 Å². The number of aldehydes is 1. The lowest BCUT2D eigenvalue weighted by Gasteiger charge is -2.03. The molecule has 8 heteroatoms. The first-order valence-corrected chi connectivity index (χ1v) is 4.81. The van der Waals surface area contributed by atoms with E-state index in [-0.39, 0.29) is 16.7 Å². The Labute approximate surface area is 94.7 Å². The largest absolute Gasteiger partial charge is 0.383 e. The number of carbonyl (C=O) groups excluding carboxylic acids is 1. The summed E-state index contributed by atoms with van der Waals surface area (Å²) >= 11 is 0. The van der Waals surface area contributed by atoms with Gasteiger partial charge in [-0.3, -0.25) is 10.1 Å². The molecule has 0 aliphatic rings. The maximum absolute atomic E-state index is 10.7. The Bertz CT molecular complexity index is 565. The molecule has 0 fully saturated rings. The van der Waals surface area contributed by atoms with Gasteiger partial charge in [-0.05, 0) is 16.4 Å². The average Bonchev–Trinajstić information content (AvgIpc) is 2.78. The normalized spacial score (nSPS) is 10.4. The lowest BCUT2D eigenvalue weighted by Crippen LogP contribution is -2.02. The Morgan fingerprint density at radius 2 is 2.18 bits per heavy atom. The number of rotatable bonds is 5. The summed E-state index contributed by atoms with van der Waals surface area (Å²) in [5.41, 5.74) is 0.757. The molecule has 0 saturated carbocycles. The maximum Gasteiger partial charge on any atom is 0.300 e. The number of fused-ring (bicyclic) bond motifs is 1. The van der Waals surface area contributed by atoms with Gasteiger partial charge in [0, 0.05) is 19.0 Å². The minimum Gasteiger partial charge on any atom is -0.383 e. The smallest absolute Gasteiger partial charge is 0.300 e. The third-order valence-corrected chi connectivity index (χ3v) is 2.17. The van der Waals surface area contributed by atoms with Crippen molar-refractivity contribution in [2.75, 3.05) is 11.9 Å². The zero-order chi connectivity index (χ0) is 12.3. The second kappa shape index (κ2) is 4.56. The van der Waals surface area contributed by atoms with Crippen molar-refractivity contribution >= 4 is 28.7 Å². The molecule has 2 rings (SSSR count). The van der Waals surface area contributed by atoms with Gasteiger partial charge >= 0.3 is 5.69 Å². The van der Waals surface area contributed by atoms with Crippen molar-refractivity contribution in [1.82, 2.24) is 10.3 Å². The van der Waals surface area contributed by atoms with E-state index in [1.807, 2.05) is 0 Å². The van der Waals surface area contributed by atoms with Crippen LogP contribution in [0.4, 0.5) is 11.4 Å². The predicted molar refractivity (Wildman–Crippen MR) is 57.6 cm³/mol. The number of nitrogens with one attached hydrogen (secondary N) is 1. The van der Waals surface area contributed by atoms with Gasteiger partial charge in [0.2, 0.25) is 5.52 Å². The molecule has 0 aliphatic carbocycles. The Kier molecular flexibility index (Phi) is 2.95. The fourth-order valence-electron chi connectivity index (χ4n) is 1.41. The molecule has 0 aliphatic heterocycles. The first-order valence-electron chi connectivity index (χ1n) is 4.81. The minimum atomic E-state index is -0.554. The summed E-state index contributed by atoms with van der Waals surface area (Å²) in [5.74, 6) is 0. The van der Waals surface area contributed by atoms with Gasteiger partial charge in [-0.1, -0.05) is 0 Å². The van der Waals surface area contributed by atoms with Gasteiger partial charge in [-0.25, -0.2) is 4.63 Å². The average molecular weight is 236 g/mol. The third kappa shape index (κ3) is 2.05. The van der Waals surface area contributed by atoms with Crippen molar-refractivity contribution in [3.8, 4) is 0 Å². The number of anilines is 1. The summed E-state index contributed by atoms with van der Waals surface area (Å²) in [7, 11) is 0. The van der Waals surface area contributed by atoms with E-state index < -0.39 is 4.92 Å². The van der Waals surface area contributed by atoms with Crippen molar-refractivity contribution < 1.29 is 14.3 Å². The first kappa shape index (κ1) is 11.0. The van der Waals surface area contributed by atoms with Crippen molar-refractivity contribution in [2.45, 2.75) is 6.42 Å². The standard InChI is InChI=1S/C9H8N4O4/c14-5-1-4-10-6-2-3-7(13(15)16)9-8(6)11-17-12-9/h2-3,5,10H,1,4H2. The topological polar surface area (TPSA) is 111 Å². The van der Waals surface area contributed by atoms with E-state index in [9.17, 15) is 14.9 Å². The number of hydrogen-bond acceptors (Lipinski definition) is 7. The van der Waals surface area contributed by atoms with Gasteiger partial charge in [0.05, 0.1) is 10.6 Å². The Balaban J connectivity index is 2.39. The summed E-state index contributed by atoms with van der Waals surface area (Å²) < 4.78 is 4.49. The predicted octanol–water partition coefficient (Wildman–Crippen LogP) is 1.13. The second-order valence-corrected chi connectivity index (χ2v) is 3.23. The summed E-state index contributed by atoms with van der Waals surface area (Å²) in [6, 6.07) is 2.82. The van der Waals surface area contributed by atoms with Crippen LogP contribution in [0.5, 0.6) is 0 Å². The Morgan fingerprint density at radius 3 is 2.88 bits per heavy atom. The van der Waals surface area contributed by atoms with Crippen LogP contribution in [0.3, 0.4) is 0 Å². The number of benzene rings is 1. The zero-order valence-corrected chi connectivity index (χ0v) is 8.62. The number of non-ortho nitro benzene ring substituents is 1. The molecular formula is C9H8N4O4. The van der Waals surface area contributed by atoms with Gasteiger partial charge in [-0.15, -0.1) is 0 Å². The van der Waals surface area contributed by atoms with E-state index in [1.54, 1.807) is 0 Å². The van der Waals surface area contributed by atoms with Gasteiger partial charge in [0.1, 0.15) is 6.29 Å². The van der Waals surface area contributed by atoms with Gasteiger partial charge < -0.3 is 10.1 Å². The Morgan fingerprint density at radius 1 is 1.41 bits per heavy atom. The first-order chi connectivity index (χ1) is 8.24. The molecule has 1 heterocycles. The van der Waals surface area contributed by atoms with E-state index in [1.165, 1.54) is 12.1 Å². The molecule has 1 aromatic carbocycles. The van der Waals surface area contributed by atoms with E-state index in [2.05, 4.69) is 20.3 Å². The van der Waals surface area contributed by atoms with Crippen LogP contribution in [0.1, 0.15) is 6.42 Å². The highest BCUT2D eigenvalue weighted by Gasteiger charge is 2.19. The van der Waals surface area contributed by atoms with E-state index >= 15 is 0 Å². The number of hydrogen-bond donors (Lipinski definition) is 1. The van der Waals surface area contributed by atoms with Crippen LogP contribution in [0, 0.1) is 10.1 Å². The van der Waals surface area contributed by atoms with E-state index in [4.69, 9.17) is 0 Å². The molecule has 1 N–H and O–H groups in total. The molecule has 0 amide bonds.